The predicted octanol–water partition coefficient (Wildman–Crippen LogP) is 3.82. The monoisotopic (exact) mass is 371 g/mol. The van der Waals surface area contributed by atoms with E-state index in [-0.39, 0.29) is 5.91 Å². The largest absolute Gasteiger partial charge is 0.495 e. The molecule has 0 unspecified atom stereocenters. The van der Waals surface area contributed by atoms with Crippen LogP contribution in [0.1, 0.15) is 0 Å². The zero-order valence-corrected chi connectivity index (χ0v) is 15.1. The predicted molar refractivity (Wildman–Crippen MR) is 108 cm³/mol. The van der Waals surface area contributed by atoms with Crippen LogP contribution in [-0.2, 0) is 4.79 Å². The van der Waals surface area contributed by atoms with E-state index in [0.717, 1.165) is 33.3 Å². The van der Waals surface area contributed by atoms with E-state index >= 15 is 0 Å². The highest BCUT2D eigenvalue weighted by molar-refractivity contribution is 5.99. The van der Waals surface area contributed by atoms with Gasteiger partial charge in [0.15, 0.2) is 0 Å². The van der Waals surface area contributed by atoms with E-state index in [1.807, 2.05) is 24.4 Å². The van der Waals surface area contributed by atoms with Crippen molar-refractivity contribution in [2.24, 2.45) is 0 Å². The lowest BCUT2D eigenvalue weighted by Gasteiger charge is -2.06. The molecule has 0 fully saturated rings. The van der Waals surface area contributed by atoms with Crippen LogP contribution < -0.4 is 10.1 Å². The van der Waals surface area contributed by atoms with Crippen LogP contribution in [0.2, 0.25) is 0 Å². The van der Waals surface area contributed by atoms with Crippen molar-refractivity contribution < 1.29 is 9.53 Å². The fraction of sp³-hybridized carbons (Fsp3) is 0.0476. The normalized spacial score (nSPS) is 10.6. The summed E-state index contributed by atoms with van der Waals surface area (Å²) in [6.45, 7) is 3.46. The summed E-state index contributed by atoms with van der Waals surface area (Å²) in [5.41, 5.74) is 4.98. The Morgan fingerprint density at radius 1 is 1.07 bits per heavy atom. The summed E-state index contributed by atoms with van der Waals surface area (Å²) >= 11 is 0. The minimum absolute atomic E-state index is 0.286. The number of methoxy groups -OCH3 is 1. The molecule has 0 radical (unpaired) electrons. The molecule has 28 heavy (non-hydrogen) atoms. The number of hydrogen-bond donors (Lipinski definition) is 2. The maximum Gasteiger partial charge on any atom is 0.247 e. The number of carbonyl (C=O) groups is 1. The van der Waals surface area contributed by atoms with Crippen molar-refractivity contribution >= 4 is 22.6 Å². The van der Waals surface area contributed by atoms with Crippen molar-refractivity contribution in [3.63, 3.8) is 0 Å². The van der Waals surface area contributed by atoms with Crippen molar-refractivity contribution in [1.29, 1.82) is 0 Å². The molecule has 0 aliphatic heterocycles. The Labute approximate surface area is 161 Å². The third kappa shape index (κ3) is 3.33. The van der Waals surface area contributed by atoms with Gasteiger partial charge in [-0.3, -0.25) is 14.8 Å². The molecule has 0 aromatic carbocycles. The van der Waals surface area contributed by atoms with Gasteiger partial charge in [0, 0.05) is 52.4 Å². The number of H-pyrrole nitrogens is 1. The van der Waals surface area contributed by atoms with Gasteiger partial charge in [-0.2, -0.15) is 0 Å². The SMILES string of the molecule is C=CC(=O)Nc1cncc(-c2cnc3[nH]cc(-c4cncc(OC)c4)c3c2)c1. The molecule has 0 aliphatic rings. The van der Waals surface area contributed by atoms with Gasteiger partial charge in [-0.25, -0.2) is 4.98 Å². The number of rotatable bonds is 5. The number of amides is 1. The Morgan fingerprint density at radius 3 is 2.68 bits per heavy atom. The van der Waals surface area contributed by atoms with Crippen LogP contribution in [-0.4, -0.2) is 33.0 Å². The van der Waals surface area contributed by atoms with Gasteiger partial charge in [-0.1, -0.05) is 6.58 Å². The molecular formula is C21H17N5O2. The molecule has 0 saturated heterocycles. The van der Waals surface area contributed by atoms with Gasteiger partial charge in [0.2, 0.25) is 5.91 Å². The Bertz CT molecular complexity index is 1180. The first-order chi connectivity index (χ1) is 13.7. The van der Waals surface area contributed by atoms with Gasteiger partial charge < -0.3 is 15.0 Å². The Balaban J connectivity index is 1.77. The molecule has 4 aromatic heterocycles. The quantitative estimate of drug-likeness (QED) is 0.520. The molecule has 0 bridgehead atoms. The molecule has 7 nitrogen and oxygen atoms in total. The Kier molecular flexibility index (Phi) is 4.55. The van der Waals surface area contributed by atoms with E-state index in [4.69, 9.17) is 4.74 Å². The maximum absolute atomic E-state index is 11.5. The van der Waals surface area contributed by atoms with E-state index in [2.05, 4.69) is 31.8 Å². The summed E-state index contributed by atoms with van der Waals surface area (Å²) in [6.07, 6.45) is 11.6. The molecule has 2 N–H and O–H groups in total. The third-order valence-corrected chi connectivity index (χ3v) is 4.32. The number of carbonyl (C=O) groups excluding carboxylic acids is 1. The number of nitrogens with zero attached hydrogens (tertiary/aromatic N) is 3. The van der Waals surface area contributed by atoms with E-state index < -0.39 is 0 Å². The fourth-order valence-electron chi connectivity index (χ4n) is 2.94. The summed E-state index contributed by atoms with van der Waals surface area (Å²) in [6, 6.07) is 5.80. The van der Waals surface area contributed by atoms with Crippen molar-refractivity contribution in [3.05, 3.63) is 68.0 Å². The Morgan fingerprint density at radius 2 is 1.86 bits per heavy atom. The first kappa shape index (κ1) is 17.4. The summed E-state index contributed by atoms with van der Waals surface area (Å²) in [5, 5.41) is 3.67. The molecule has 0 atom stereocenters. The fourth-order valence-corrected chi connectivity index (χ4v) is 2.94. The topological polar surface area (TPSA) is 92.8 Å². The van der Waals surface area contributed by atoms with Crippen LogP contribution in [0.3, 0.4) is 0 Å². The molecule has 4 heterocycles. The zero-order valence-electron chi connectivity index (χ0n) is 15.1. The van der Waals surface area contributed by atoms with E-state index in [9.17, 15) is 4.79 Å². The third-order valence-electron chi connectivity index (χ3n) is 4.32. The van der Waals surface area contributed by atoms with Gasteiger partial charge >= 0.3 is 0 Å². The highest BCUT2D eigenvalue weighted by atomic mass is 16.5. The molecule has 4 aromatic rings. The second-order valence-electron chi connectivity index (χ2n) is 6.09. The lowest BCUT2D eigenvalue weighted by molar-refractivity contribution is -0.111. The van der Waals surface area contributed by atoms with Crippen molar-refractivity contribution in [1.82, 2.24) is 19.9 Å². The number of aromatic amines is 1. The van der Waals surface area contributed by atoms with Crippen LogP contribution in [0.4, 0.5) is 5.69 Å². The summed E-state index contributed by atoms with van der Waals surface area (Å²) < 4.78 is 5.27. The van der Waals surface area contributed by atoms with Gasteiger partial charge in [0.25, 0.3) is 0 Å². The molecule has 0 saturated carbocycles. The molecule has 0 spiro atoms. The van der Waals surface area contributed by atoms with Crippen molar-refractivity contribution in [2.45, 2.75) is 0 Å². The maximum atomic E-state index is 11.5. The van der Waals surface area contributed by atoms with Crippen LogP contribution >= 0.6 is 0 Å². The first-order valence-electron chi connectivity index (χ1n) is 8.53. The molecule has 7 heteroatoms. The number of pyridine rings is 3. The number of anilines is 1. The zero-order chi connectivity index (χ0) is 19.5. The number of nitrogens with one attached hydrogen (secondary N) is 2. The molecule has 4 rings (SSSR count). The van der Waals surface area contributed by atoms with Crippen LogP contribution in [0.15, 0.2) is 68.0 Å². The van der Waals surface area contributed by atoms with Gasteiger partial charge in [-0.15, -0.1) is 0 Å². The smallest absolute Gasteiger partial charge is 0.247 e. The highest BCUT2D eigenvalue weighted by Crippen LogP contribution is 2.32. The summed E-state index contributed by atoms with van der Waals surface area (Å²) in [7, 11) is 1.61. The average Bonchev–Trinajstić information content (AvgIpc) is 3.17. The van der Waals surface area contributed by atoms with Crippen LogP contribution in [0.25, 0.3) is 33.3 Å². The molecule has 138 valence electrons. The van der Waals surface area contributed by atoms with Crippen LogP contribution in [0.5, 0.6) is 5.75 Å². The van der Waals surface area contributed by atoms with Crippen molar-refractivity contribution in [3.8, 4) is 28.0 Å². The molecular weight excluding hydrogens is 354 g/mol. The molecule has 1 amide bonds. The standard InChI is InChI=1S/C21H17N5O2/c1-3-20(27)26-16-4-13(7-22-10-16)14-6-18-19(12-25-21(18)24-9-14)15-5-17(28-2)11-23-8-15/h3-12H,1H2,2H3,(H,24,25)(H,26,27). The summed E-state index contributed by atoms with van der Waals surface area (Å²) in [4.78, 5) is 27.7. The van der Waals surface area contributed by atoms with Gasteiger partial charge in [-0.05, 0) is 24.3 Å². The van der Waals surface area contributed by atoms with Gasteiger partial charge in [0.05, 0.1) is 25.2 Å². The number of fused-ring (bicyclic) bond motifs is 1. The number of ether oxygens (including phenoxy) is 1. The highest BCUT2D eigenvalue weighted by Gasteiger charge is 2.11. The van der Waals surface area contributed by atoms with E-state index in [1.165, 1.54) is 6.08 Å². The second-order valence-corrected chi connectivity index (χ2v) is 6.09. The minimum Gasteiger partial charge on any atom is -0.495 e. The van der Waals surface area contributed by atoms with Crippen molar-refractivity contribution in [2.75, 3.05) is 12.4 Å². The minimum atomic E-state index is -0.286. The average molecular weight is 371 g/mol. The number of hydrogen-bond acceptors (Lipinski definition) is 5. The Hall–Kier alpha value is -4.00. The van der Waals surface area contributed by atoms with E-state index in [1.54, 1.807) is 38.1 Å². The number of aromatic nitrogens is 4. The lowest BCUT2D eigenvalue weighted by Crippen LogP contribution is -2.07. The van der Waals surface area contributed by atoms with E-state index in [0.29, 0.717) is 11.4 Å². The first-order valence-corrected chi connectivity index (χ1v) is 8.53. The lowest BCUT2D eigenvalue weighted by atomic mass is 10.0. The van der Waals surface area contributed by atoms with Crippen LogP contribution in [0, 0.1) is 0 Å². The second kappa shape index (κ2) is 7.32. The molecule has 0 aliphatic carbocycles. The summed E-state index contributed by atoms with van der Waals surface area (Å²) in [5.74, 6) is 0.400. The van der Waals surface area contributed by atoms with Gasteiger partial charge in [0.1, 0.15) is 11.4 Å².